The summed E-state index contributed by atoms with van der Waals surface area (Å²) in [6.45, 7) is 0.260. The van der Waals surface area contributed by atoms with E-state index < -0.39 is 18.7 Å². The molecule has 2 aromatic rings. The van der Waals surface area contributed by atoms with Crippen molar-refractivity contribution in [3.8, 4) is 11.8 Å². The summed E-state index contributed by atoms with van der Waals surface area (Å²) in [5.74, 6) is 0.398. The second kappa shape index (κ2) is 6.33. The van der Waals surface area contributed by atoms with Crippen LogP contribution in [0.2, 0.25) is 5.02 Å². The molecule has 0 saturated carbocycles. The van der Waals surface area contributed by atoms with Crippen molar-refractivity contribution in [3.05, 3.63) is 46.7 Å². The highest BCUT2D eigenvalue weighted by Gasteiger charge is 2.33. The normalized spacial score (nSPS) is 17.1. The van der Waals surface area contributed by atoms with Gasteiger partial charge in [-0.25, -0.2) is 9.97 Å². The Morgan fingerprint density at radius 3 is 2.70 bits per heavy atom. The molecule has 0 bridgehead atoms. The number of halogens is 4. The number of alkyl halides is 3. The van der Waals surface area contributed by atoms with Gasteiger partial charge in [0, 0.05) is 12.0 Å². The number of nitrogens with zero attached hydrogens (tertiary/aromatic N) is 2. The van der Waals surface area contributed by atoms with Crippen LogP contribution < -0.4 is 4.74 Å². The second-order valence-corrected chi connectivity index (χ2v) is 5.50. The lowest BCUT2D eigenvalue weighted by Crippen LogP contribution is -2.10. The van der Waals surface area contributed by atoms with Crippen LogP contribution >= 0.6 is 11.6 Å². The van der Waals surface area contributed by atoms with Crippen molar-refractivity contribution < 1.29 is 22.6 Å². The lowest BCUT2D eigenvalue weighted by molar-refractivity contribution is -0.141. The fourth-order valence-corrected chi connectivity index (χ4v) is 2.51. The Hall–Kier alpha value is -1.86. The first-order chi connectivity index (χ1) is 10.9. The molecule has 1 aromatic carbocycles. The summed E-state index contributed by atoms with van der Waals surface area (Å²) < 4.78 is 48.4. The van der Waals surface area contributed by atoms with Gasteiger partial charge in [-0.05, 0) is 18.1 Å². The minimum absolute atomic E-state index is 0.0734. The molecule has 0 N–H and O–H groups in total. The van der Waals surface area contributed by atoms with E-state index in [4.69, 9.17) is 21.1 Å². The summed E-state index contributed by atoms with van der Waals surface area (Å²) in [4.78, 5) is 7.85. The van der Waals surface area contributed by atoms with E-state index in [-0.39, 0.29) is 19.0 Å². The molecule has 0 amide bonds. The van der Waals surface area contributed by atoms with Gasteiger partial charge in [-0.2, -0.15) is 13.2 Å². The molecule has 23 heavy (non-hydrogen) atoms. The number of hydrogen-bond acceptors (Lipinski definition) is 4. The van der Waals surface area contributed by atoms with Crippen LogP contribution in [0.3, 0.4) is 0 Å². The van der Waals surface area contributed by atoms with Gasteiger partial charge in [0.1, 0.15) is 5.75 Å². The number of benzene rings is 1. The second-order valence-electron chi connectivity index (χ2n) is 5.07. The predicted molar refractivity (Wildman–Crippen MR) is 76.4 cm³/mol. The van der Waals surface area contributed by atoms with Gasteiger partial charge in [-0.15, -0.1) is 0 Å². The number of ether oxygens (including phenoxy) is 2. The average molecular weight is 345 g/mol. The third-order valence-corrected chi connectivity index (χ3v) is 3.60. The van der Waals surface area contributed by atoms with Gasteiger partial charge in [0.2, 0.25) is 0 Å². The first-order valence-corrected chi connectivity index (χ1v) is 7.26. The predicted octanol–water partition coefficient (Wildman–Crippen LogP) is 4.84. The van der Waals surface area contributed by atoms with Crippen LogP contribution in [0.1, 0.15) is 30.1 Å². The highest BCUT2D eigenvalue weighted by molar-refractivity contribution is 6.30. The molecule has 2 heterocycles. The Bertz CT molecular complexity index is 692. The van der Waals surface area contributed by atoms with Gasteiger partial charge in [0.15, 0.2) is 0 Å². The fraction of sp³-hybridized carbons (Fsp3) is 0.333. The Morgan fingerprint density at radius 2 is 2.00 bits per heavy atom. The zero-order valence-electron chi connectivity index (χ0n) is 11.8. The summed E-state index contributed by atoms with van der Waals surface area (Å²) in [7, 11) is 0. The molecule has 0 aliphatic carbocycles. The Kier molecular flexibility index (Phi) is 4.41. The van der Waals surface area contributed by atoms with Crippen molar-refractivity contribution in [1.29, 1.82) is 0 Å². The molecule has 0 fully saturated rings. The highest BCUT2D eigenvalue weighted by atomic mass is 35.5. The van der Waals surface area contributed by atoms with E-state index in [2.05, 4.69) is 9.97 Å². The molecular formula is C15H12ClF3N2O2. The average Bonchev–Trinajstić information content (AvgIpc) is 2.91. The Labute approximate surface area is 135 Å². The van der Waals surface area contributed by atoms with E-state index in [1.165, 1.54) is 12.4 Å². The molecule has 122 valence electrons. The molecule has 1 atom stereocenters. The largest absolute Gasteiger partial charge is 0.424 e. The number of fused-ring (bicyclic) bond motifs is 1. The highest BCUT2D eigenvalue weighted by Crippen LogP contribution is 2.42. The zero-order valence-corrected chi connectivity index (χ0v) is 12.6. The Morgan fingerprint density at radius 1 is 1.26 bits per heavy atom. The molecule has 0 saturated heterocycles. The third-order valence-electron chi connectivity index (χ3n) is 3.41. The van der Waals surface area contributed by atoms with Crippen molar-refractivity contribution in [2.24, 2.45) is 0 Å². The number of rotatable bonds is 4. The fourth-order valence-electron chi connectivity index (χ4n) is 2.42. The standard InChI is InChI=1S/C15H12ClF3N2O2/c16-10-6-20-14(21-7-10)23-12-3-1-2-9-8-22-11(13(9)12)4-5-15(17,18)19/h1-3,6-7,11H,4-5,8H2/t11-/m0/s1. The molecule has 0 unspecified atom stereocenters. The maximum atomic E-state index is 12.5. The van der Waals surface area contributed by atoms with Crippen LogP contribution in [0.5, 0.6) is 11.8 Å². The number of aromatic nitrogens is 2. The van der Waals surface area contributed by atoms with Crippen LogP contribution in [-0.4, -0.2) is 16.1 Å². The van der Waals surface area contributed by atoms with E-state index >= 15 is 0 Å². The summed E-state index contributed by atoms with van der Waals surface area (Å²) in [6.07, 6.45) is -3.19. The van der Waals surface area contributed by atoms with Crippen molar-refractivity contribution in [3.63, 3.8) is 0 Å². The van der Waals surface area contributed by atoms with Gasteiger partial charge in [0.25, 0.3) is 0 Å². The number of hydrogen-bond donors (Lipinski definition) is 0. The Balaban J connectivity index is 1.82. The van der Waals surface area contributed by atoms with Crippen LogP contribution in [-0.2, 0) is 11.3 Å². The monoisotopic (exact) mass is 344 g/mol. The molecule has 8 heteroatoms. The van der Waals surface area contributed by atoms with Gasteiger partial charge in [-0.3, -0.25) is 0 Å². The lowest BCUT2D eigenvalue weighted by atomic mass is 10.0. The SMILES string of the molecule is FC(F)(F)CC[C@@H]1OCc2cccc(Oc3ncc(Cl)cn3)c21. The minimum Gasteiger partial charge on any atom is -0.424 e. The summed E-state index contributed by atoms with van der Waals surface area (Å²) >= 11 is 5.71. The van der Waals surface area contributed by atoms with Gasteiger partial charge in [0.05, 0.1) is 30.1 Å². The quantitative estimate of drug-likeness (QED) is 0.796. The summed E-state index contributed by atoms with van der Waals surface area (Å²) in [5, 5.41) is 0.363. The van der Waals surface area contributed by atoms with E-state index in [0.717, 1.165) is 5.56 Å². The van der Waals surface area contributed by atoms with E-state index in [0.29, 0.717) is 16.3 Å². The van der Waals surface area contributed by atoms with E-state index in [1.54, 1.807) is 18.2 Å². The van der Waals surface area contributed by atoms with Gasteiger partial charge >= 0.3 is 12.2 Å². The van der Waals surface area contributed by atoms with E-state index in [1.807, 2.05) is 0 Å². The van der Waals surface area contributed by atoms with Crippen LogP contribution in [0.25, 0.3) is 0 Å². The van der Waals surface area contributed by atoms with E-state index in [9.17, 15) is 13.2 Å². The third kappa shape index (κ3) is 3.92. The van der Waals surface area contributed by atoms with Gasteiger partial charge in [-0.1, -0.05) is 23.7 Å². The molecular weight excluding hydrogens is 333 g/mol. The topological polar surface area (TPSA) is 44.2 Å². The lowest BCUT2D eigenvalue weighted by Gasteiger charge is -2.15. The summed E-state index contributed by atoms with van der Waals surface area (Å²) in [5.41, 5.74) is 1.43. The van der Waals surface area contributed by atoms with Crippen molar-refractivity contribution >= 4 is 11.6 Å². The maximum Gasteiger partial charge on any atom is 0.389 e. The molecule has 1 aromatic heterocycles. The van der Waals surface area contributed by atoms with Crippen LogP contribution in [0, 0.1) is 0 Å². The van der Waals surface area contributed by atoms with Crippen molar-refractivity contribution in [2.75, 3.05) is 0 Å². The summed E-state index contributed by atoms with van der Waals surface area (Å²) in [6, 6.07) is 5.29. The van der Waals surface area contributed by atoms with Crippen LogP contribution in [0.15, 0.2) is 30.6 Å². The molecule has 3 rings (SSSR count). The zero-order chi connectivity index (χ0) is 16.4. The minimum atomic E-state index is -4.22. The first kappa shape index (κ1) is 16.0. The molecule has 0 radical (unpaired) electrons. The molecule has 1 aliphatic heterocycles. The van der Waals surface area contributed by atoms with Crippen molar-refractivity contribution in [2.45, 2.75) is 31.7 Å². The van der Waals surface area contributed by atoms with Gasteiger partial charge < -0.3 is 9.47 Å². The molecule has 1 aliphatic rings. The smallest absolute Gasteiger partial charge is 0.389 e. The maximum absolute atomic E-state index is 12.5. The molecule has 0 spiro atoms. The van der Waals surface area contributed by atoms with Crippen molar-refractivity contribution in [1.82, 2.24) is 9.97 Å². The molecule has 4 nitrogen and oxygen atoms in total. The first-order valence-electron chi connectivity index (χ1n) is 6.88. The van der Waals surface area contributed by atoms with Crippen LogP contribution in [0.4, 0.5) is 13.2 Å².